The fourth-order valence-electron chi connectivity index (χ4n) is 2.47. The quantitative estimate of drug-likeness (QED) is 0.812. The monoisotopic (exact) mass is 258 g/mol. The number of nitrogens with one attached hydrogen (secondary N) is 1. The van der Waals surface area contributed by atoms with E-state index in [1.165, 1.54) is 16.7 Å². The van der Waals surface area contributed by atoms with Crippen molar-refractivity contribution in [3.63, 3.8) is 0 Å². The molecule has 2 rings (SSSR count). The Morgan fingerprint density at radius 1 is 1.53 bits per heavy atom. The lowest BCUT2D eigenvalue weighted by molar-refractivity contribution is 0.230. The zero-order valence-electron chi connectivity index (χ0n) is 9.89. The molecule has 0 bridgehead atoms. The van der Waals surface area contributed by atoms with Crippen LogP contribution in [0.25, 0.3) is 0 Å². The Morgan fingerprint density at radius 2 is 2.18 bits per heavy atom. The standard InChI is InChI=1S/C10H18N4O2S/c1-14(10(8-11)4-2-3-5-10)17(15,16)9-6-12-13-7-9/h6-7H,2-5,8,11H2,1H3,(H,12,13). The molecule has 0 aliphatic heterocycles. The first-order valence-corrected chi connectivity index (χ1v) is 7.15. The van der Waals surface area contributed by atoms with Gasteiger partial charge in [-0.2, -0.15) is 9.40 Å². The zero-order chi connectivity index (χ0) is 12.5. The Kier molecular flexibility index (Phi) is 3.24. The molecule has 6 nitrogen and oxygen atoms in total. The minimum atomic E-state index is -3.49. The van der Waals surface area contributed by atoms with E-state index in [4.69, 9.17) is 5.73 Å². The van der Waals surface area contributed by atoms with E-state index in [9.17, 15) is 8.42 Å². The summed E-state index contributed by atoms with van der Waals surface area (Å²) in [4.78, 5) is 0.194. The molecule has 0 amide bonds. The summed E-state index contributed by atoms with van der Waals surface area (Å²) in [5, 5.41) is 6.21. The van der Waals surface area contributed by atoms with E-state index in [0.29, 0.717) is 6.54 Å². The summed E-state index contributed by atoms with van der Waals surface area (Å²) in [6, 6.07) is 0. The van der Waals surface area contributed by atoms with E-state index in [0.717, 1.165) is 25.7 Å². The number of rotatable bonds is 4. The lowest BCUT2D eigenvalue weighted by atomic mass is 9.98. The van der Waals surface area contributed by atoms with Gasteiger partial charge in [0.1, 0.15) is 4.90 Å². The van der Waals surface area contributed by atoms with Gasteiger partial charge in [-0.15, -0.1) is 0 Å². The second-order valence-corrected chi connectivity index (χ2v) is 6.51. The number of hydrogen-bond acceptors (Lipinski definition) is 4. The number of likely N-dealkylation sites (N-methyl/N-ethyl adjacent to an activating group) is 1. The molecular formula is C10H18N4O2S. The molecule has 1 saturated carbocycles. The average Bonchev–Trinajstić information content (AvgIpc) is 3.00. The summed E-state index contributed by atoms with van der Waals surface area (Å²) in [6.45, 7) is 0.362. The van der Waals surface area contributed by atoms with Gasteiger partial charge in [-0.05, 0) is 12.8 Å². The molecule has 3 N–H and O–H groups in total. The van der Waals surface area contributed by atoms with Crippen LogP contribution in [0.2, 0.25) is 0 Å². The molecule has 1 heterocycles. The van der Waals surface area contributed by atoms with Gasteiger partial charge in [0.25, 0.3) is 0 Å². The van der Waals surface area contributed by atoms with Gasteiger partial charge in [-0.25, -0.2) is 8.42 Å². The molecule has 1 aliphatic rings. The maximum Gasteiger partial charge on any atom is 0.246 e. The van der Waals surface area contributed by atoms with Gasteiger partial charge in [0.05, 0.1) is 6.20 Å². The van der Waals surface area contributed by atoms with Crippen LogP contribution in [0.1, 0.15) is 25.7 Å². The Balaban J connectivity index is 2.34. The molecule has 7 heteroatoms. The number of aromatic amines is 1. The Hall–Kier alpha value is -0.920. The highest BCUT2D eigenvalue weighted by Crippen LogP contribution is 2.36. The largest absolute Gasteiger partial charge is 0.329 e. The predicted molar refractivity (Wildman–Crippen MR) is 63.8 cm³/mol. The molecule has 17 heavy (non-hydrogen) atoms. The first-order chi connectivity index (χ1) is 8.03. The van der Waals surface area contributed by atoms with Gasteiger partial charge in [0.2, 0.25) is 10.0 Å². The third-order valence-electron chi connectivity index (χ3n) is 3.71. The minimum absolute atomic E-state index is 0.194. The first-order valence-electron chi connectivity index (χ1n) is 5.71. The summed E-state index contributed by atoms with van der Waals surface area (Å²) in [5.41, 5.74) is 5.37. The number of hydrogen-bond donors (Lipinski definition) is 2. The van der Waals surface area contributed by atoms with Crippen molar-refractivity contribution in [2.24, 2.45) is 5.73 Å². The van der Waals surface area contributed by atoms with Crippen LogP contribution in [-0.4, -0.2) is 42.1 Å². The number of aromatic nitrogens is 2. The number of H-pyrrole nitrogens is 1. The molecule has 0 saturated heterocycles. The SMILES string of the molecule is CN(C1(CN)CCCC1)S(=O)(=O)c1cn[nH]c1. The molecule has 96 valence electrons. The molecule has 0 radical (unpaired) electrons. The van der Waals surface area contributed by atoms with Crippen molar-refractivity contribution in [1.82, 2.24) is 14.5 Å². The van der Waals surface area contributed by atoms with E-state index in [1.54, 1.807) is 7.05 Å². The van der Waals surface area contributed by atoms with Crippen LogP contribution in [0.4, 0.5) is 0 Å². The number of nitrogens with two attached hydrogens (primary N) is 1. The van der Waals surface area contributed by atoms with Crippen molar-refractivity contribution in [2.75, 3.05) is 13.6 Å². The summed E-state index contributed by atoms with van der Waals surface area (Å²) in [7, 11) is -1.88. The highest BCUT2D eigenvalue weighted by atomic mass is 32.2. The van der Waals surface area contributed by atoms with Gasteiger partial charge in [0, 0.05) is 25.3 Å². The fourth-order valence-corrected chi connectivity index (χ4v) is 3.94. The molecule has 1 fully saturated rings. The normalized spacial score (nSPS) is 19.9. The topological polar surface area (TPSA) is 92.1 Å². The van der Waals surface area contributed by atoms with Crippen LogP contribution < -0.4 is 5.73 Å². The Bertz CT molecular complexity index is 463. The third-order valence-corrected chi connectivity index (χ3v) is 5.64. The van der Waals surface area contributed by atoms with Crippen molar-refractivity contribution in [3.8, 4) is 0 Å². The van der Waals surface area contributed by atoms with E-state index >= 15 is 0 Å². The van der Waals surface area contributed by atoms with Gasteiger partial charge >= 0.3 is 0 Å². The summed E-state index contributed by atoms with van der Waals surface area (Å²) < 4.78 is 26.1. The molecule has 0 unspecified atom stereocenters. The van der Waals surface area contributed by atoms with Gasteiger partial charge < -0.3 is 5.73 Å². The van der Waals surface area contributed by atoms with Crippen LogP contribution in [0.15, 0.2) is 17.3 Å². The van der Waals surface area contributed by atoms with E-state index in [-0.39, 0.29) is 4.90 Å². The van der Waals surface area contributed by atoms with Crippen LogP contribution in [0, 0.1) is 0 Å². The maximum atomic E-state index is 12.4. The van der Waals surface area contributed by atoms with E-state index < -0.39 is 15.6 Å². The maximum absolute atomic E-state index is 12.4. The Morgan fingerprint density at radius 3 is 2.65 bits per heavy atom. The van der Waals surface area contributed by atoms with Crippen molar-refractivity contribution in [1.29, 1.82) is 0 Å². The van der Waals surface area contributed by atoms with Crippen molar-refractivity contribution in [3.05, 3.63) is 12.4 Å². The summed E-state index contributed by atoms with van der Waals surface area (Å²) >= 11 is 0. The predicted octanol–water partition coefficient (Wildman–Crippen LogP) is 0.302. The van der Waals surface area contributed by atoms with Crippen LogP contribution in [0.5, 0.6) is 0 Å². The molecule has 1 aromatic rings. The molecular weight excluding hydrogens is 240 g/mol. The van der Waals surface area contributed by atoms with Gasteiger partial charge in [-0.1, -0.05) is 12.8 Å². The second kappa shape index (κ2) is 4.40. The molecule has 1 aromatic heterocycles. The molecule has 0 spiro atoms. The number of nitrogens with zero attached hydrogens (tertiary/aromatic N) is 2. The highest BCUT2D eigenvalue weighted by Gasteiger charge is 2.42. The third kappa shape index (κ3) is 1.98. The van der Waals surface area contributed by atoms with Crippen molar-refractivity contribution < 1.29 is 8.42 Å². The van der Waals surface area contributed by atoms with Gasteiger partial charge in [0.15, 0.2) is 0 Å². The summed E-state index contributed by atoms with van der Waals surface area (Å²) in [5.74, 6) is 0. The lowest BCUT2D eigenvalue weighted by Gasteiger charge is -2.36. The van der Waals surface area contributed by atoms with Gasteiger partial charge in [-0.3, -0.25) is 5.10 Å². The van der Waals surface area contributed by atoms with E-state index in [2.05, 4.69) is 10.2 Å². The van der Waals surface area contributed by atoms with Crippen LogP contribution in [-0.2, 0) is 10.0 Å². The molecule has 0 atom stereocenters. The smallest absolute Gasteiger partial charge is 0.246 e. The van der Waals surface area contributed by atoms with Crippen molar-refractivity contribution >= 4 is 10.0 Å². The first kappa shape index (κ1) is 12.5. The van der Waals surface area contributed by atoms with Crippen LogP contribution >= 0.6 is 0 Å². The minimum Gasteiger partial charge on any atom is -0.329 e. The second-order valence-electron chi connectivity index (χ2n) is 4.54. The fraction of sp³-hybridized carbons (Fsp3) is 0.700. The van der Waals surface area contributed by atoms with Crippen LogP contribution in [0.3, 0.4) is 0 Å². The highest BCUT2D eigenvalue weighted by molar-refractivity contribution is 7.89. The summed E-state index contributed by atoms with van der Waals surface area (Å²) in [6.07, 6.45) is 6.44. The molecule has 0 aromatic carbocycles. The van der Waals surface area contributed by atoms with Crippen molar-refractivity contribution in [2.45, 2.75) is 36.1 Å². The van der Waals surface area contributed by atoms with E-state index in [1.807, 2.05) is 0 Å². The zero-order valence-corrected chi connectivity index (χ0v) is 10.7. The Labute approximate surface area is 101 Å². The lowest BCUT2D eigenvalue weighted by Crippen LogP contribution is -2.52. The average molecular weight is 258 g/mol. The number of sulfonamides is 1. The molecule has 1 aliphatic carbocycles.